The molecule has 0 spiro atoms. The number of aromatic nitrogens is 1. The van der Waals surface area contributed by atoms with Gasteiger partial charge in [0.25, 0.3) is 0 Å². The van der Waals surface area contributed by atoms with E-state index in [0.717, 1.165) is 11.1 Å². The van der Waals surface area contributed by atoms with E-state index in [9.17, 15) is 0 Å². The average molecular weight is 273 g/mol. The van der Waals surface area contributed by atoms with E-state index >= 15 is 0 Å². The van der Waals surface area contributed by atoms with Crippen LogP contribution in [0.5, 0.6) is 5.75 Å². The van der Waals surface area contributed by atoms with Gasteiger partial charge in [-0.3, -0.25) is 0 Å². The highest BCUT2D eigenvalue weighted by atomic mass is 127. The van der Waals surface area contributed by atoms with Crippen LogP contribution in [-0.4, -0.2) is 12.1 Å². The van der Waals surface area contributed by atoms with Gasteiger partial charge in [0.1, 0.15) is 5.75 Å². The van der Waals surface area contributed by atoms with Gasteiger partial charge < -0.3 is 9.72 Å². The van der Waals surface area contributed by atoms with E-state index in [1.807, 2.05) is 18.5 Å². The maximum absolute atomic E-state index is 5.22. The van der Waals surface area contributed by atoms with Gasteiger partial charge in [-0.1, -0.05) is 0 Å². The summed E-state index contributed by atoms with van der Waals surface area (Å²) in [5.41, 5.74) is 0. The lowest BCUT2D eigenvalue weighted by atomic mass is 10.2. The number of rotatable bonds is 1. The Labute approximate surface area is 84.1 Å². The molecule has 62 valence electrons. The quantitative estimate of drug-likeness (QED) is 0.794. The van der Waals surface area contributed by atoms with Gasteiger partial charge >= 0.3 is 0 Å². The van der Waals surface area contributed by atoms with Crippen LogP contribution in [0.25, 0.3) is 10.8 Å². The summed E-state index contributed by atoms with van der Waals surface area (Å²) in [5.74, 6) is 0.923. The molecular formula is C9H8INO. The largest absolute Gasteiger partial charge is 0.496 e. The van der Waals surface area contributed by atoms with Crippen molar-refractivity contribution in [2.75, 3.05) is 7.11 Å². The molecule has 0 bridgehead atoms. The number of benzene rings is 1. The summed E-state index contributed by atoms with van der Waals surface area (Å²) in [6, 6.07) is 4.04. The molecule has 2 aromatic rings. The van der Waals surface area contributed by atoms with Crippen LogP contribution in [0, 0.1) is 3.57 Å². The first kappa shape index (κ1) is 7.91. The summed E-state index contributed by atoms with van der Waals surface area (Å²) >= 11 is 2.31. The Kier molecular flexibility index (Phi) is 1.96. The summed E-state index contributed by atoms with van der Waals surface area (Å²) in [7, 11) is 1.69. The van der Waals surface area contributed by atoms with Crippen LogP contribution in [0.1, 0.15) is 0 Å². The monoisotopic (exact) mass is 273 g/mol. The molecule has 0 saturated carbocycles. The molecule has 0 radical (unpaired) electrons. The molecule has 2 nitrogen and oxygen atoms in total. The van der Waals surface area contributed by atoms with E-state index in [1.54, 1.807) is 7.11 Å². The van der Waals surface area contributed by atoms with Crippen molar-refractivity contribution in [2.45, 2.75) is 0 Å². The molecule has 1 N–H and O–H groups in total. The normalized spacial score (nSPS) is 10.5. The Morgan fingerprint density at radius 3 is 2.75 bits per heavy atom. The number of fused-ring (bicyclic) bond motifs is 1. The predicted molar refractivity (Wildman–Crippen MR) is 57.6 cm³/mol. The summed E-state index contributed by atoms with van der Waals surface area (Å²) in [6.07, 6.45) is 3.94. The zero-order valence-electron chi connectivity index (χ0n) is 6.60. The average Bonchev–Trinajstić information content (AvgIpc) is 2.54. The van der Waals surface area contributed by atoms with Gasteiger partial charge in [0.2, 0.25) is 0 Å². The van der Waals surface area contributed by atoms with Crippen LogP contribution in [0.15, 0.2) is 24.5 Å². The molecule has 0 fully saturated rings. The highest BCUT2D eigenvalue weighted by Gasteiger charge is 2.03. The van der Waals surface area contributed by atoms with Crippen LogP contribution in [0.3, 0.4) is 0 Å². The number of H-pyrrole nitrogens is 1. The van der Waals surface area contributed by atoms with Crippen LogP contribution in [0.2, 0.25) is 0 Å². The maximum atomic E-state index is 5.22. The van der Waals surface area contributed by atoms with Crippen LogP contribution < -0.4 is 4.74 Å². The third-order valence-electron chi connectivity index (χ3n) is 1.87. The Morgan fingerprint density at radius 2 is 2.00 bits per heavy atom. The van der Waals surface area contributed by atoms with Crippen molar-refractivity contribution in [1.29, 1.82) is 0 Å². The fourth-order valence-electron chi connectivity index (χ4n) is 1.27. The number of methoxy groups -OCH3 is 1. The Hall–Kier alpha value is -0.710. The molecule has 0 atom stereocenters. The van der Waals surface area contributed by atoms with Crippen molar-refractivity contribution in [3.63, 3.8) is 0 Å². The molecule has 3 heteroatoms. The third-order valence-corrected chi connectivity index (χ3v) is 2.81. The summed E-state index contributed by atoms with van der Waals surface area (Å²) in [4.78, 5) is 3.07. The molecular weight excluding hydrogens is 265 g/mol. The number of nitrogens with one attached hydrogen (secondary N) is 1. The van der Waals surface area contributed by atoms with Gasteiger partial charge in [0.05, 0.1) is 7.11 Å². The topological polar surface area (TPSA) is 25.0 Å². The second kappa shape index (κ2) is 2.97. The summed E-state index contributed by atoms with van der Waals surface area (Å²) in [5, 5.41) is 2.36. The first-order chi connectivity index (χ1) is 5.83. The zero-order chi connectivity index (χ0) is 8.55. The van der Waals surface area contributed by atoms with Gasteiger partial charge in [-0.25, -0.2) is 0 Å². The molecule has 12 heavy (non-hydrogen) atoms. The second-order valence-electron chi connectivity index (χ2n) is 2.53. The smallest absolute Gasteiger partial charge is 0.128 e. The van der Waals surface area contributed by atoms with E-state index in [1.165, 1.54) is 8.96 Å². The lowest BCUT2D eigenvalue weighted by Crippen LogP contribution is -1.83. The molecule has 0 unspecified atom stereocenters. The van der Waals surface area contributed by atoms with Gasteiger partial charge in [-0.2, -0.15) is 0 Å². The number of ether oxygens (including phenoxy) is 1. The Morgan fingerprint density at radius 1 is 1.25 bits per heavy atom. The van der Waals surface area contributed by atoms with E-state index in [-0.39, 0.29) is 0 Å². The van der Waals surface area contributed by atoms with E-state index < -0.39 is 0 Å². The van der Waals surface area contributed by atoms with Gasteiger partial charge in [-0.15, -0.1) is 0 Å². The van der Waals surface area contributed by atoms with Crippen LogP contribution in [0.4, 0.5) is 0 Å². The number of hydrogen-bond acceptors (Lipinski definition) is 1. The standard InChI is InChI=1S/C9H8INO/c1-12-9-3-2-8(10)6-4-11-5-7(6)9/h2-5,11H,1H3. The van der Waals surface area contributed by atoms with Crippen molar-refractivity contribution in [3.05, 3.63) is 28.1 Å². The van der Waals surface area contributed by atoms with Crippen LogP contribution in [-0.2, 0) is 0 Å². The first-order valence-electron chi connectivity index (χ1n) is 3.62. The van der Waals surface area contributed by atoms with Gasteiger partial charge in [-0.05, 0) is 34.7 Å². The van der Waals surface area contributed by atoms with E-state index in [2.05, 4.69) is 33.6 Å². The molecule has 0 aliphatic heterocycles. The van der Waals surface area contributed by atoms with Crippen molar-refractivity contribution < 1.29 is 4.74 Å². The van der Waals surface area contributed by atoms with Crippen molar-refractivity contribution >= 4 is 33.4 Å². The molecule has 0 amide bonds. The SMILES string of the molecule is COc1ccc(I)c2c[nH]cc12. The van der Waals surface area contributed by atoms with Crippen molar-refractivity contribution in [1.82, 2.24) is 4.98 Å². The number of aromatic amines is 1. The zero-order valence-corrected chi connectivity index (χ0v) is 8.75. The van der Waals surface area contributed by atoms with E-state index in [0.29, 0.717) is 0 Å². The molecule has 0 aliphatic rings. The maximum Gasteiger partial charge on any atom is 0.128 e. The molecule has 0 saturated heterocycles. The first-order valence-corrected chi connectivity index (χ1v) is 4.70. The summed E-state index contributed by atoms with van der Waals surface area (Å²) in [6.45, 7) is 0. The van der Waals surface area contributed by atoms with Gasteiger partial charge in [0, 0.05) is 26.7 Å². The fourth-order valence-corrected chi connectivity index (χ4v) is 1.90. The minimum atomic E-state index is 0.923. The molecule has 0 aliphatic carbocycles. The van der Waals surface area contributed by atoms with E-state index in [4.69, 9.17) is 4.74 Å². The minimum Gasteiger partial charge on any atom is -0.496 e. The van der Waals surface area contributed by atoms with Crippen LogP contribution >= 0.6 is 22.6 Å². The number of halogens is 1. The van der Waals surface area contributed by atoms with Crippen molar-refractivity contribution in [2.24, 2.45) is 0 Å². The highest BCUT2D eigenvalue weighted by molar-refractivity contribution is 14.1. The molecule has 1 aromatic heterocycles. The summed E-state index contributed by atoms with van der Waals surface area (Å²) < 4.78 is 6.46. The Balaban J connectivity index is 2.82. The lowest BCUT2D eigenvalue weighted by Gasteiger charge is -2.01. The minimum absolute atomic E-state index is 0.923. The van der Waals surface area contributed by atoms with Crippen molar-refractivity contribution in [3.8, 4) is 5.75 Å². The lowest BCUT2D eigenvalue weighted by molar-refractivity contribution is 0.420. The second-order valence-corrected chi connectivity index (χ2v) is 3.69. The molecule has 1 aromatic carbocycles. The molecule has 1 heterocycles. The number of hydrogen-bond donors (Lipinski definition) is 1. The predicted octanol–water partition coefficient (Wildman–Crippen LogP) is 2.78. The fraction of sp³-hybridized carbons (Fsp3) is 0.111. The highest BCUT2D eigenvalue weighted by Crippen LogP contribution is 2.28. The molecule has 2 rings (SSSR count). The van der Waals surface area contributed by atoms with Gasteiger partial charge in [0.15, 0.2) is 0 Å². The Bertz CT molecular complexity index is 408. The third kappa shape index (κ3) is 1.08.